The Hall–Kier alpha value is -1.87. The Bertz CT molecular complexity index is 717. The lowest BCUT2D eigenvalue weighted by Gasteiger charge is -2.13. The zero-order chi connectivity index (χ0) is 18.0. The number of rotatable bonds is 6. The fourth-order valence-electron chi connectivity index (χ4n) is 2.00. The van der Waals surface area contributed by atoms with Gasteiger partial charge >= 0.3 is 21.3 Å². The highest BCUT2D eigenvalue weighted by molar-refractivity contribution is 7.87. The molecule has 1 aromatic rings. The Morgan fingerprint density at radius 2 is 1.61 bits per heavy atom. The number of ether oxygens (including phenoxy) is 1. The van der Waals surface area contributed by atoms with Crippen molar-refractivity contribution in [2.75, 3.05) is 0 Å². The molecule has 0 aliphatic carbocycles. The molecule has 0 unspecified atom stereocenters. The number of hydrogen-bond donors (Lipinski definition) is 1. The summed E-state index contributed by atoms with van der Waals surface area (Å²) in [5.74, 6) is -2.77. The third kappa shape index (κ3) is 4.55. The number of esters is 1. The van der Waals surface area contributed by atoms with Gasteiger partial charge in [-0.3, -0.25) is 14.1 Å². The smallest absolute Gasteiger partial charge is 0.426 e. The summed E-state index contributed by atoms with van der Waals surface area (Å²) in [7, 11) is -5.86. The van der Waals surface area contributed by atoms with Gasteiger partial charge in [-0.2, -0.15) is 17.2 Å². The van der Waals surface area contributed by atoms with Crippen LogP contribution in [0.3, 0.4) is 0 Å². The summed E-state index contributed by atoms with van der Waals surface area (Å²) in [5.41, 5.74) is 2.26. The second-order valence-corrected chi connectivity index (χ2v) is 6.58. The molecule has 0 saturated heterocycles. The van der Waals surface area contributed by atoms with Crippen LogP contribution in [0.4, 0.5) is 8.78 Å². The van der Waals surface area contributed by atoms with Crippen LogP contribution in [0.15, 0.2) is 12.1 Å². The summed E-state index contributed by atoms with van der Waals surface area (Å²) in [4.78, 5) is 22.8. The van der Waals surface area contributed by atoms with Crippen molar-refractivity contribution in [1.29, 1.82) is 0 Å². The van der Waals surface area contributed by atoms with E-state index in [2.05, 4.69) is 0 Å². The highest BCUT2D eigenvalue weighted by Crippen LogP contribution is 2.26. The molecule has 0 aliphatic heterocycles. The predicted octanol–water partition coefficient (Wildman–Crippen LogP) is 2.35. The summed E-state index contributed by atoms with van der Waals surface area (Å²) in [6, 6.07) is 3.51. The van der Waals surface area contributed by atoms with Crippen molar-refractivity contribution in [3.05, 3.63) is 28.8 Å². The Morgan fingerprint density at radius 3 is 2.04 bits per heavy atom. The van der Waals surface area contributed by atoms with Gasteiger partial charge < -0.3 is 4.74 Å². The average molecular weight is 350 g/mol. The molecule has 0 spiro atoms. The third-order valence-corrected chi connectivity index (χ3v) is 3.90. The number of ketones is 1. The van der Waals surface area contributed by atoms with Crippen LogP contribution in [0.25, 0.3) is 0 Å². The largest absolute Gasteiger partial charge is 0.426 e. The molecule has 0 bridgehead atoms. The van der Waals surface area contributed by atoms with Gasteiger partial charge in [0.25, 0.3) is 0 Å². The van der Waals surface area contributed by atoms with E-state index in [4.69, 9.17) is 9.29 Å². The lowest BCUT2D eigenvalue weighted by atomic mass is 10.1. The number of carbonyl (C=O) groups excluding carboxylic acids is 2. The van der Waals surface area contributed by atoms with Crippen LogP contribution in [0, 0.1) is 20.8 Å². The van der Waals surface area contributed by atoms with Gasteiger partial charge in [-0.15, -0.1) is 0 Å². The molecule has 9 heteroatoms. The van der Waals surface area contributed by atoms with Crippen LogP contribution >= 0.6 is 0 Å². The van der Waals surface area contributed by atoms with Gasteiger partial charge in [0.15, 0.2) is 0 Å². The van der Waals surface area contributed by atoms with Crippen LogP contribution in [0.5, 0.6) is 5.75 Å². The van der Waals surface area contributed by atoms with E-state index in [9.17, 15) is 26.8 Å². The van der Waals surface area contributed by atoms with E-state index in [0.717, 1.165) is 5.56 Å². The Balaban J connectivity index is 2.75. The lowest BCUT2D eigenvalue weighted by molar-refractivity contribution is -0.140. The van der Waals surface area contributed by atoms with E-state index in [1.54, 1.807) is 26.0 Å². The molecule has 0 amide bonds. The molecule has 23 heavy (non-hydrogen) atoms. The number of alkyl halides is 2. The first-order chi connectivity index (χ1) is 10.4. The van der Waals surface area contributed by atoms with Gasteiger partial charge in [0, 0.05) is 6.42 Å². The van der Waals surface area contributed by atoms with Gasteiger partial charge in [0.05, 0.1) is 6.42 Å². The van der Waals surface area contributed by atoms with Crippen molar-refractivity contribution in [3.63, 3.8) is 0 Å². The number of hydrogen-bond acceptors (Lipinski definition) is 5. The summed E-state index contributed by atoms with van der Waals surface area (Å²) in [6.45, 7) is 5.24. The number of carbonyl (C=O) groups is 2. The maximum absolute atomic E-state index is 13.0. The Morgan fingerprint density at radius 1 is 1.13 bits per heavy atom. The summed E-state index contributed by atoms with van der Waals surface area (Å²) in [6.07, 6.45) is -1.81. The second kappa shape index (κ2) is 6.71. The van der Waals surface area contributed by atoms with Crippen LogP contribution < -0.4 is 4.74 Å². The van der Waals surface area contributed by atoms with Gasteiger partial charge in [0.2, 0.25) is 5.78 Å². The van der Waals surface area contributed by atoms with Gasteiger partial charge in [-0.1, -0.05) is 17.7 Å². The standard InChI is InChI=1S/C14H16F2O6S/c1-8-6-9(2)13(10(3)7-8)22-12(18)5-4-11(17)14(15,16)23(19,20)21/h6-7H,4-5H2,1-3H3,(H,19,20,21). The first-order valence-corrected chi connectivity index (χ1v) is 7.97. The molecule has 0 saturated carbocycles. The van der Waals surface area contributed by atoms with E-state index in [0.29, 0.717) is 11.1 Å². The first kappa shape index (κ1) is 19.2. The number of benzene rings is 1. The second-order valence-electron chi connectivity index (χ2n) is 5.12. The van der Waals surface area contributed by atoms with E-state index in [1.165, 1.54) is 0 Å². The minimum atomic E-state index is -5.86. The van der Waals surface area contributed by atoms with Crippen molar-refractivity contribution in [2.24, 2.45) is 0 Å². The fourth-order valence-corrected chi connectivity index (χ4v) is 2.39. The first-order valence-electron chi connectivity index (χ1n) is 6.53. The molecular formula is C14H16F2O6S. The van der Waals surface area contributed by atoms with Gasteiger partial charge in [-0.25, -0.2) is 0 Å². The van der Waals surface area contributed by atoms with Gasteiger partial charge in [-0.05, 0) is 31.9 Å². The maximum Gasteiger partial charge on any atom is 0.426 e. The van der Waals surface area contributed by atoms with E-state index in [1.807, 2.05) is 6.92 Å². The minimum absolute atomic E-state index is 0.259. The maximum atomic E-state index is 13.0. The zero-order valence-corrected chi connectivity index (χ0v) is 13.5. The van der Waals surface area contributed by atoms with Crippen LogP contribution in [-0.2, 0) is 19.7 Å². The molecule has 0 aromatic heterocycles. The molecule has 0 heterocycles. The molecule has 0 aliphatic rings. The van der Waals surface area contributed by atoms with Crippen LogP contribution in [-0.4, -0.2) is 30.0 Å². The van der Waals surface area contributed by atoms with E-state index >= 15 is 0 Å². The van der Waals surface area contributed by atoms with Gasteiger partial charge in [0.1, 0.15) is 5.75 Å². The molecule has 128 valence electrons. The SMILES string of the molecule is Cc1cc(C)c(OC(=O)CCC(=O)C(F)(F)S(=O)(=O)O)c(C)c1. The van der Waals surface area contributed by atoms with Crippen molar-refractivity contribution in [2.45, 2.75) is 38.9 Å². The molecule has 1 aromatic carbocycles. The topological polar surface area (TPSA) is 97.7 Å². The normalized spacial score (nSPS) is 12.1. The monoisotopic (exact) mass is 350 g/mol. The van der Waals surface area contributed by atoms with Crippen molar-refractivity contribution < 1.29 is 36.1 Å². The quantitative estimate of drug-likeness (QED) is 0.480. The Labute approximate surface area is 132 Å². The van der Waals surface area contributed by atoms with E-state index < -0.39 is 40.0 Å². The fraction of sp³-hybridized carbons (Fsp3) is 0.429. The highest BCUT2D eigenvalue weighted by atomic mass is 32.2. The molecule has 0 radical (unpaired) electrons. The summed E-state index contributed by atoms with van der Waals surface area (Å²) >= 11 is 0. The van der Waals surface area contributed by atoms with Crippen LogP contribution in [0.2, 0.25) is 0 Å². The molecule has 0 fully saturated rings. The Kier molecular flexibility index (Phi) is 5.60. The van der Waals surface area contributed by atoms with E-state index in [-0.39, 0.29) is 5.75 Å². The number of Topliss-reactive ketones (excluding diaryl/α,β-unsaturated/α-hetero) is 1. The highest BCUT2D eigenvalue weighted by Gasteiger charge is 2.51. The zero-order valence-electron chi connectivity index (χ0n) is 12.7. The van der Waals surface area contributed by atoms with Crippen molar-refractivity contribution in [3.8, 4) is 5.75 Å². The number of halogens is 2. The molecule has 1 rings (SSSR count). The third-order valence-electron chi connectivity index (χ3n) is 3.03. The minimum Gasteiger partial charge on any atom is -0.426 e. The van der Waals surface area contributed by atoms with Crippen molar-refractivity contribution in [1.82, 2.24) is 0 Å². The lowest BCUT2D eigenvalue weighted by Crippen LogP contribution is -2.37. The summed E-state index contributed by atoms with van der Waals surface area (Å²) < 4.78 is 60.2. The van der Waals surface area contributed by atoms with Crippen molar-refractivity contribution >= 4 is 21.9 Å². The molecule has 1 N–H and O–H groups in total. The predicted molar refractivity (Wildman–Crippen MR) is 77.0 cm³/mol. The van der Waals surface area contributed by atoms with Crippen LogP contribution in [0.1, 0.15) is 29.5 Å². The summed E-state index contributed by atoms with van der Waals surface area (Å²) in [5, 5.41) is -4.94. The molecule has 0 atom stereocenters. The average Bonchev–Trinajstić information content (AvgIpc) is 2.38. The number of aryl methyl sites for hydroxylation is 3. The molecule has 6 nitrogen and oxygen atoms in total. The molecular weight excluding hydrogens is 334 g/mol.